The van der Waals surface area contributed by atoms with Crippen molar-refractivity contribution in [1.29, 1.82) is 0 Å². The minimum absolute atomic E-state index is 0.411. The molecule has 0 bridgehead atoms. The lowest BCUT2D eigenvalue weighted by atomic mass is 10.0. The third-order valence-electron chi connectivity index (χ3n) is 5.54. The molecule has 0 saturated carbocycles. The summed E-state index contributed by atoms with van der Waals surface area (Å²) in [5, 5.41) is 8.52. The first-order valence-corrected chi connectivity index (χ1v) is 9.37. The van der Waals surface area contributed by atoms with Crippen LogP contribution in [-0.4, -0.2) is 53.1 Å². The molecule has 1 amide bonds. The molecule has 1 aromatic carbocycles. The van der Waals surface area contributed by atoms with Crippen molar-refractivity contribution in [3.05, 3.63) is 41.5 Å². The van der Waals surface area contributed by atoms with Gasteiger partial charge in [-0.05, 0) is 69.4 Å². The highest BCUT2D eigenvalue weighted by Gasteiger charge is 2.31. The minimum atomic E-state index is -0.515. The van der Waals surface area contributed by atoms with E-state index in [0.717, 1.165) is 5.56 Å². The molecule has 1 unspecified atom stereocenters. The van der Waals surface area contributed by atoms with E-state index in [1.165, 1.54) is 63.5 Å². The maximum absolute atomic E-state index is 11.1. The second kappa shape index (κ2) is 8.61. The zero-order chi connectivity index (χ0) is 17.6. The van der Waals surface area contributed by atoms with E-state index in [-0.39, 0.29) is 0 Å². The third kappa shape index (κ3) is 4.69. The van der Waals surface area contributed by atoms with Gasteiger partial charge in [-0.2, -0.15) is 0 Å². The topological polar surface area (TPSA) is 55.8 Å². The van der Waals surface area contributed by atoms with Crippen LogP contribution in [0.3, 0.4) is 0 Å². The van der Waals surface area contributed by atoms with Gasteiger partial charge in [0.25, 0.3) is 5.91 Å². The Balaban J connectivity index is 1.62. The molecule has 2 aliphatic heterocycles. The highest BCUT2D eigenvalue weighted by atomic mass is 16.5. The fraction of sp³-hybridized carbons (Fsp3) is 0.550. The molecule has 25 heavy (non-hydrogen) atoms. The van der Waals surface area contributed by atoms with E-state index in [4.69, 9.17) is 5.21 Å². The van der Waals surface area contributed by atoms with Gasteiger partial charge < -0.3 is 4.90 Å². The van der Waals surface area contributed by atoms with E-state index in [1.807, 2.05) is 12.1 Å². The first-order chi connectivity index (χ1) is 12.2. The Morgan fingerprint density at radius 3 is 2.64 bits per heavy atom. The fourth-order valence-electron chi connectivity index (χ4n) is 4.11. The van der Waals surface area contributed by atoms with Crippen molar-refractivity contribution in [3.63, 3.8) is 0 Å². The summed E-state index contributed by atoms with van der Waals surface area (Å²) in [5.41, 5.74) is 3.87. The molecule has 5 nitrogen and oxygen atoms in total. The van der Waals surface area contributed by atoms with Crippen LogP contribution in [0.15, 0.2) is 30.3 Å². The molecule has 3 rings (SSSR count). The van der Waals surface area contributed by atoms with E-state index in [1.54, 1.807) is 11.6 Å². The van der Waals surface area contributed by atoms with Gasteiger partial charge in [-0.3, -0.25) is 14.9 Å². The van der Waals surface area contributed by atoms with Crippen LogP contribution in [0.1, 0.15) is 49.8 Å². The van der Waals surface area contributed by atoms with Crippen LogP contribution in [0.25, 0.3) is 6.08 Å². The van der Waals surface area contributed by atoms with Gasteiger partial charge in [-0.15, -0.1) is 0 Å². The summed E-state index contributed by atoms with van der Waals surface area (Å²) in [6.07, 6.45) is 8.33. The summed E-state index contributed by atoms with van der Waals surface area (Å²) >= 11 is 0. The number of benzene rings is 1. The summed E-state index contributed by atoms with van der Waals surface area (Å²) in [6.45, 7) is 7.22. The lowest BCUT2D eigenvalue weighted by molar-refractivity contribution is -0.124. The molecule has 0 radical (unpaired) electrons. The van der Waals surface area contributed by atoms with E-state index < -0.39 is 5.91 Å². The van der Waals surface area contributed by atoms with Gasteiger partial charge in [0.1, 0.15) is 0 Å². The molecule has 2 heterocycles. The summed E-state index contributed by atoms with van der Waals surface area (Å²) < 4.78 is 0. The molecule has 2 saturated heterocycles. The number of likely N-dealkylation sites (tertiary alicyclic amines) is 2. The van der Waals surface area contributed by atoms with Crippen molar-refractivity contribution in [3.8, 4) is 0 Å². The Hall–Kier alpha value is -1.69. The number of hydroxylamine groups is 1. The number of nitrogens with one attached hydrogen (secondary N) is 1. The molecular formula is C20H29N3O2. The van der Waals surface area contributed by atoms with E-state index in [0.29, 0.717) is 12.1 Å². The van der Waals surface area contributed by atoms with Crippen LogP contribution in [0.2, 0.25) is 0 Å². The standard InChI is InChI=1S/C20H29N3O2/c1-16(18-9-6-17(7-10-18)8-11-20(24)21-25)23-14-4-5-19(23)15-22-12-2-3-13-22/h6-11,16,19,25H,2-5,12-15H2,1H3,(H,21,24)/b11-8+/t16?,19-/m0/s1. The van der Waals surface area contributed by atoms with Gasteiger partial charge in [-0.25, -0.2) is 5.48 Å². The smallest absolute Gasteiger partial charge is 0.267 e. The van der Waals surface area contributed by atoms with E-state index in [2.05, 4.69) is 28.9 Å². The van der Waals surface area contributed by atoms with E-state index in [9.17, 15) is 4.79 Å². The Morgan fingerprint density at radius 2 is 1.96 bits per heavy atom. The summed E-state index contributed by atoms with van der Waals surface area (Å²) in [5.74, 6) is -0.515. The lowest BCUT2D eigenvalue weighted by Crippen LogP contribution is -2.40. The van der Waals surface area contributed by atoms with E-state index >= 15 is 0 Å². The Kier molecular flexibility index (Phi) is 6.24. The van der Waals surface area contributed by atoms with Crippen molar-refractivity contribution in [2.24, 2.45) is 0 Å². The average Bonchev–Trinajstić information content (AvgIpc) is 3.32. The molecular weight excluding hydrogens is 314 g/mol. The third-order valence-corrected chi connectivity index (χ3v) is 5.54. The molecule has 0 spiro atoms. The number of nitrogens with zero attached hydrogens (tertiary/aromatic N) is 2. The normalized spacial score (nSPS) is 23.4. The molecule has 2 atom stereocenters. The number of amides is 1. The van der Waals surface area contributed by atoms with Gasteiger partial charge in [0, 0.05) is 24.7 Å². The number of hydrogen-bond acceptors (Lipinski definition) is 4. The van der Waals surface area contributed by atoms with Crippen molar-refractivity contribution in [2.45, 2.75) is 44.7 Å². The van der Waals surface area contributed by atoms with Crippen LogP contribution in [0.4, 0.5) is 0 Å². The second-order valence-electron chi connectivity index (χ2n) is 7.19. The summed E-state index contributed by atoms with van der Waals surface area (Å²) in [6, 6.07) is 9.42. The summed E-state index contributed by atoms with van der Waals surface area (Å²) in [4.78, 5) is 16.3. The Bertz CT molecular complexity index is 593. The van der Waals surface area contributed by atoms with Crippen molar-refractivity contribution < 1.29 is 10.0 Å². The maximum atomic E-state index is 11.1. The first-order valence-electron chi connectivity index (χ1n) is 9.37. The highest BCUT2D eigenvalue weighted by Crippen LogP contribution is 2.30. The SMILES string of the molecule is CC(c1ccc(/C=C/C(=O)NO)cc1)N1CCC[C@H]1CN1CCCC1. The zero-order valence-corrected chi connectivity index (χ0v) is 15.0. The average molecular weight is 343 g/mol. The minimum Gasteiger partial charge on any atom is -0.302 e. The molecule has 2 aliphatic rings. The monoisotopic (exact) mass is 343 g/mol. The predicted octanol–water partition coefficient (Wildman–Crippen LogP) is 2.83. The molecule has 0 aliphatic carbocycles. The van der Waals surface area contributed by atoms with Crippen LogP contribution in [-0.2, 0) is 4.79 Å². The van der Waals surface area contributed by atoms with Gasteiger partial charge in [0.2, 0.25) is 0 Å². The van der Waals surface area contributed by atoms with Crippen LogP contribution < -0.4 is 5.48 Å². The van der Waals surface area contributed by atoms with Gasteiger partial charge in [-0.1, -0.05) is 24.3 Å². The predicted molar refractivity (Wildman–Crippen MR) is 99.2 cm³/mol. The van der Waals surface area contributed by atoms with Gasteiger partial charge >= 0.3 is 0 Å². The Labute approximate surface area is 150 Å². The number of carbonyl (C=O) groups excluding carboxylic acids is 1. The zero-order valence-electron chi connectivity index (χ0n) is 15.0. The molecule has 1 aromatic rings. The lowest BCUT2D eigenvalue weighted by Gasteiger charge is -2.33. The molecule has 2 N–H and O–H groups in total. The molecule has 5 heteroatoms. The number of carbonyl (C=O) groups is 1. The van der Waals surface area contributed by atoms with Crippen molar-refractivity contribution in [2.75, 3.05) is 26.2 Å². The number of rotatable bonds is 6. The number of hydrogen-bond donors (Lipinski definition) is 2. The molecule has 2 fully saturated rings. The first kappa shape index (κ1) is 18.1. The van der Waals surface area contributed by atoms with Crippen LogP contribution in [0.5, 0.6) is 0 Å². The quantitative estimate of drug-likeness (QED) is 0.474. The highest BCUT2D eigenvalue weighted by molar-refractivity contribution is 5.90. The van der Waals surface area contributed by atoms with Gasteiger partial charge in [0.15, 0.2) is 0 Å². The van der Waals surface area contributed by atoms with Crippen molar-refractivity contribution in [1.82, 2.24) is 15.3 Å². The largest absolute Gasteiger partial charge is 0.302 e. The second-order valence-corrected chi connectivity index (χ2v) is 7.19. The van der Waals surface area contributed by atoms with Crippen LogP contribution >= 0.6 is 0 Å². The molecule has 136 valence electrons. The molecule has 0 aromatic heterocycles. The van der Waals surface area contributed by atoms with Crippen LogP contribution in [0, 0.1) is 0 Å². The summed E-state index contributed by atoms with van der Waals surface area (Å²) in [7, 11) is 0. The van der Waals surface area contributed by atoms with Crippen molar-refractivity contribution >= 4 is 12.0 Å². The fourth-order valence-corrected chi connectivity index (χ4v) is 4.11. The Morgan fingerprint density at radius 1 is 1.24 bits per heavy atom. The van der Waals surface area contributed by atoms with Gasteiger partial charge in [0.05, 0.1) is 0 Å². The maximum Gasteiger partial charge on any atom is 0.267 e.